The highest BCUT2D eigenvalue weighted by Crippen LogP contribution is 2.31. The topological polar surface area (TPSA) is 83.0 Å². The van der Waals surface area contributed by atoms with Gasteiger partial charge in [0, 0.05) is 22.4 Å². The number of carboxylic acid groups (broad SMARTS) is 1. The van der Waals surface area contributed by atoms with Crippen LogP contribution in [-0.2, 0) is 6.42 Å². The molecule has 0 amide bonds. The zero-order valence-electron chi connectivity index (χ0n) is 13.9. The van der Waals surface area contributed by atoms with Crippen molar-refractivity contribution in [2.24, 2.45) is 0 Å². The van der Waals surface area contributed by atoms with Gasteiger partial charge in [-0.3, -0.25) is 4.79 Å². The smallest absolute Gasteiger partial charge is 0.335 e. The molecule has 2 N–H and O–H groups in total. The van der Waals surface area contributed by atoms with Gasteiger partial charge in [-0.25, -0.2) is 9.78 Å². The minimum atomic E-state index is -1.00. The average molecular weight is 397 g/mol. The molecule has 0 aliphatic rings. The van der Waals surface area contributed by atoms with Crippen molar-refractivity contribution >= 4 is 39.1 Å². The maximum Gasteiger partial charge on any atom is 0.335 e. The van der Waals surface area contributed by atoms with E-state index >= 15 is 0 Å². The Morgan fingerprint density at radius 1 is 1.15 bits per heavy atom. The normalized spacial score (nSPS) is 11.0. The minimum Gasteiger partial charge on any atom is -0.478 e. The summed E-state index contributed by atoms with van der Waals surface area (Å²) in [6.45, 7) is 0. The Morgan fingerprint density at radius 3 is 2.63 bits per heavy atom. The zero-order chi connectivity index (χ0) is 19.0. The Kier molecular flexibility index (Phi) is 4.51. The first-order valence-electron chi connectivity index (χ1n) is 8.10. The molecule has 4 aromatic rings. The average Bonchev–Trinajstić information content (AvgIpc) is 3.07. The van der Waals surface area contributed by atoms with E-state index in [4.69, 9.17) is 11.6 Å². The second kappa shape index (κ2) is 6.98. The van der Waals surface area contributed by atoms with Gasteiger partial charge in [-0.05, 0) is 29.3 Å². The van der Waals surface area contributed by atoms with Gasteiger partial charge >= 0.3 is 5.97 Å². The number of aromatic carboxylic acids is 1. The van der Waals surface area contributed by atoms with Crippen molar-refractivity contribution in [3.8, 4) is 11.1 Å². The molecular weight excluding hydrogens is 384 g/mol. The molecule has 7 heteroatoms. The van der Waals surface area contributed by atoms with Gasteiger partial charge < -0.3 is 10.1 Å². The van der Waals surface area contributed by atoms with Crippen LogP contribution in [0.4, 0.5) is 0 Å². The van der Waals surface area contributed by atoms with E-state index < -0.39 is 5.97 Å². The number of benzene rings is 2. The molecule has 0 spiro atoms. The lowest BCUT2D eigenvalue weighted by Gasteiger charge is -2.06. The van der Waals surface area contributed by atoms with E-state index in [0.29, 0.717) is 26.6 Å². The van der Waals surface area contributed by atoms with Crippen LogP contribution in [0.25, 0.3) is 21.3 Å². The van der Waals surface area contributed by atoms with Crippen LogP contribution in [0, 0.1) is 0 Å². The molecule has 4 rings (SSSR count). The van der Waals surface area contributed by atoms with E-state index in [-0.39, 0.29) is 17.5 Å². The van der Waals surface area contributed by atoms with Gasteiger partial charge in [0.15, 0.2) is 0 Å². The van der Waals surface area contributed by atoms with Gasteiger partial charge in [0.1, 0.15) is 10.7 Å². The molecule has 27 heavy (non-hydrogen) atoms. The SMILES string of the molecule is O=C(O)c1ccccc1Cc1nc2scc(-c3ccc(Cl)cc3)c2c(=O)[nH]1. The van der Waals surface area contributed by atoms with Crippen LogP contribution in [0.5, 0.6) is 0 Å². The molecule has 0 radical (unpaired) electrons. The molecule has 0 atom stereocenters. The lowest BCUT2D eigenvalue weighted by molar-refractivity contribution is 0.0696. The Balaban J connectivity index is 1.77. The summed E-state index contributed by atoms with van der Waals surface area (Å²) < 4.78 is 0. The summed E-state index contributed by atoms with van der Waals surface area (Å²) in [7, 11) is 0. The number of rotatable bonds is 4. The monoisotopic (exact) mass is 396 g/mol. The number of aromatic amines is 1. The largest absolute Gasteiger partial charge is 0.478 e. The standard InChI is InChI=1S/C20H13ClN2O3S/c21-13-7-5-11(6-8-13)15-10-27-19-17(15)18(24)22-16(23-19)9-12-3-1-2-4-14(12)20(25)26/h1-8,10H,9H2,(H,25,26)(H,22,23,24). The Morgan fingerprint density at radius 2 is 1.89 bits per heavy atom. The Bertz CT molecular complexity index is 1210. The van der Waals surface area contributed by atoms with E-state index in [2.05, 4.69) is 9.97 Å². The quantitative estimate of drug-likeness (QED) is 0.528. The van der Waals surface area contributed by atoms with Crippen molar-refractivity contribution in [3.05, 3.63) is 86.2 Å². The van der Waals surface area contributed by atoms with Crippen LogP contribution >= 0.6 is 22.9 Å². The number of carboxylic acids is 1. The summed E-state index contributed by atoms with van der Waals surface area (Å²) in [6.07, 6.45) is 0.238. The third-order valence-electron chi connectivity index (χ3n) is 4.25. The van der Waals surface area contributed by atoms with Crippen molar-refractivity contribution in [2.45, 2.75) is 6.42 Å². The first-order valence-corrected chi connectivity index (χ1v) is 9.36. The van der Waals surface area contributed by atoms with Crippen LogP contribution in [0.2, 0.25) is 5.02 Å². The highest BCUT2D eigenvalue weighted by Gasteiger charge is 2.15. The molecule has 0 fully saturated rings. The number of fused-ring (bicyclic) bond motifs is 1. The molecule has 0 bridgehead atoms. The molecule has 0 saturated heterocycles. The lowest BCUT2D eigenvalue weighted by Crippen LogP contribution is -2.13. The summed E-state index contributed by atoms with van der Waals surface area (Å²) in [5.74, 6) is -0.569. The van der Waals surface area contributed by atoms with Gasteiger partial charge in [-0.15, -0.1) is 11.3 Å². The van der Waals surface area contributed by atoms with Crippen molar-refractivity contribution in [3.63, 3.8) is 0 Å². The fraction of sp³-hybridized carbons (Fsp3) is 0.0500. The summed E-state index contributed by atoms with van der Waals surface area (Å²) in [6, 6.07) is 14.0. The van der Waals surface area contributed by atoms with Gasteiger partial charge in [0.2, 0.25) is 0 Å². The lowest BCUT2D eigenvalue weighted by atomic mass is 10.0. The van der Waals surface area contributed by atoms with Crippen molar-refractivity contribution in [1.82, 2.24) is 9.97 Å². The number of carbonyl (C=O) groups is 1. The van der Waals surface area contributed by atoms with Crippen molar-refractivity contribution < 1.29 is 9.90 Å². The van der Waals surface area contributed by atoms with E-state index in [0.717, 1.165) is 11.1 Å². The summed E-state index contributed by atoms with van der Waals surface area (Å²) >= 11 is 7.32. The number of nitrogens with one attached hydrogen (secondary N) is 1. The van der Waals surface area contributed by atoms with Crippen molar-refractivity contribution in [1.29, 1.82) is 0 Å². The van der Waals surface area contributed by atoms with Gasteiger partial charge in [0.05, 0.1) is 10.9 Å². The van der Waals surface area contributed by atoms with Gasteiger partial charge in [0.25, 0.3) is 5.56 Å². The molecule has 0 unspecified atom stereocenters. The van der Waals surface area contributed by atoms with Crippen LogP contribution in [-0.4, -0.2) is 21.0 Å². The minimum absolute atomic E-state index is 0.202. The molecule has 2 aromatic carbocycles. The maximum atomic E-state index is 12.7. The second-order valence-electron chi connectivity index (χ2n) is 5.99. The fourth-order valence-electron chi connectivity index (χ4n) is 2.98. The number of nitrogens with zero attached hydrogens (tertiary/aromatic N) is 1. The third kappa shape index (κ3) is 3.37. The molecule has 0 saturated carbocycles. The summed E-state index contributed by atoms with van der Waals surface area (Å²) in [4.78, 5) is 32.0. The first-order chi connectivity index (χ1) is 13.0. The van der Waals surface area contributed by atoms with Gasteiger partial charge in [-0.2, -0.15) is 0 Å². The third-order valence-corrected chi connectivity index (χ3v) is 5.38. The van der Waals surface area contributed by atoms with Crippen LogP contribution < -0.4 is 5.56 Å². The van der Waals surface area contributed by atoms with Crippen LogP contribution in [0.15, 0.2) is 58.7 Å². The van der Waals surface area contributed by atoms with E-state index in [1.807, 2.05) is 17.5 Å². The number of aromatic nitrogens is 2. The first kappa shape index (κ1) is 17.5. The van der Waals surface area contributed by atoms with Crippen LogP contribution in [0.3, 0.4) is 0 Å². The predicted octanol–water partition coefficient (Wildman–Crippen LogP) is 4.59. The Labute approximate surface area is 162 Å². The Hall–Kier alpha value is -2.96. The number of halogens is 1. The maximum absolute atomic E-state index is 12.7. The number of hydrogen-bond donors (Lipinski definition) is 2. The second-order valence-corrected chi connectivity index (χ2v) is 7.28. The van der Waals surface area contributed by atoms with E-state index in [9.17, 15) is 14.7 Å². The fourth-order valence-corrected chi connectivity index (χ4v) is 4.08. The zero-order valence-corrected chi connectivity index (χ0v) is 15.5. The molecule has 134 valence electrons. The molecular formula is C20H13ClN2O3S. The molecule has 5 nitrogen and oxygen atoms in total. The number of hydrogen-bond acceptors (Lipinski definition) is 4. The predicted molar refractivity (Wildman–Crippen MR) is 107 cm³/mol. The summed E-state index contributed by atoms with van der Waals surface area (Å²) in [5.41, 5.74) is 2.25. The molecule has 2 aromatic heterocycles. The number of thiophene rings is 1. The van der Waals surface area contributed by atoms with E-state index in [1.165, 1.54) is 17.4 Å². The summed E-state index contributed by atoms with van der Waals surface area (Å²) in [5, 5.41) is 12.4. The highest BCUT2D eigenvalue weighted by molar-refractivity contribution is 7.17. The molecule has 0 aliphatic heterocycles. The molecule has 0 aliphatic carbocycles. The van der Waals surface area contributed by atoms with Crippen LogP contribution in [0.1, 0.15) is 21.7 Å². The molecule has 2 heterocycles. The van der Waals surface area contributed by atoms with Gasteiger partial charge in [-0.1, -0.05) is 41.9 Å². The van der Waals surface area contributed by atoms with E-state index in [1.54, 1.807) is 30.3 Å². The van der Waals surface area contributed by atoms with Crippen molar-refractivity contribution in [2.75, 3.05) is 0 Å². The number of H-pyrrole nitrogens is 1. The highest BCUT2D eigenvalue weighted by atomic mass is 35.5.